The Balaban J connectivity index is 2.93. The summed E-state index contributed by atoms with van der Waals surface area (Å²) in [6, 6.07) is 4.87. The van der Waals surface area contributed by atoms with E-state index in [9.17, 15) is 5.11 Å². The lowest BCUT2D eigenvalue weighted by Crippen LogP contribution is -2.22. The van der Waals surface area contributed by atoms with Crippen LogP contribution >= 0.6 is 0 Å². The molecule has 0 bridgehead atoms. The first-order chi connectivity index (χ1) is 7.71. The van der Waals surface area contributed by atoms with Gasteiger partial charge in [0.05, 0.1) is 0 Å². The van der Waals surface area contributed by atoms with Gasteiger partial charge in [0.25, 0.3) is 0 Å². The summed E-state index contributed by atoms with van der Waals surface area (Å²) >= 11 is 0. The van der Waals surface area contributed by atoms with E-state index >= 15 is 0 Å². The molecule has 1 aromatic carbocycles. The molecule has 0 aliphatic heterocycles. The maximum atomic E-state index is 9.68. The van der Waals surface area contributed by atoms with E-state index in [2.05, 4.69) is 28.8 Å². The molecule has 0 saturated carbocycles. The minimum absolute atomic E-state index is 0.240. The topological polar surface area (TPSA) is 72.2 Å². The Morgan fingerprint density at radius 2 is 2.06 bits per heavy atom. The predicted molar refractivity (Wildman–Crippen MR) is 63.5 cm³/mol. The zero-order chi connectivity index (χ0) is 12.0. The maximum absolute atomic E-state index is 9.68. The maximum Gasteiger partial charge on any atom is 0.120 e. The molecule has 0 saturated heterocycles. The summed E-state index contributed by atoms with van der Waals surface area (Å²) in [6.45, 7) is 6.63. The molecule has 0 spiro atoms. The Hall–Kier alpha value is -1.71. The largest absolute Gasteiger partial charge is 0.508 e. The molecule has 0 fully saturated rings. The molecule has 1 N–H and O–H groups in total. The molecule has 86 valence electrons. The van der Waals surface area contributed by atoms with Crippen molar-refractivity contribution >= 4 is 5.69 Å². The fraction of sp³-hybridized carbons (Fsp3) is 0.455. The molecule has 0 heterocycles. The van der Waals surface area contributed by atoms with Gasteiger partial charge in [0.2, 0.25) is 0 Å². The fourth-order valence-corrected chi connectivity index (χ4v) is 1.50. The van der Waals surface area contributed by atoms with Gasteiger partial charge in [-0.15, -0.1) is 0 Å². The molecule has 5 nitrogen and oxygen atoms in total. The molecule has 0 aromatic heterocycles. The summed E-state index contributed by atoms with van der Waals surface area (Å²) in [6.07, 6.45) is 0. The Morgan fingerprint density at radius 1 is 1.38 bits per heavy atom. The van der Waals surface area contributed by atoms with E-state index in [1.807, 2.05) is 0 Å². The van der Waals surface area contributed by atoms with Crippen LogP contribution in [0.1, 0.15) is 19.4 Å². The van der Waals surface area contributed by atoms with Crippen LogP contribution in [-0.4, -0.2) is 23.1 Å². The van der Waals surface area contributed by atoms with Gasteiger partial charge in [0.15, 0.2) is 0 Å². The third-order valence-electron chi connectivity index (χ3n) is 2.51. The van der Waals surface area contributed by atoms with Crippen LogP contribution in [0.2, 0.25) is 0 Å². The van der Waals surface area contributed by atoms with Gasteiger partial charge in [-0.2, -0.15) is 0 Å². The molecule has 5 heteroatoms. The Labute approximate surface area is 94.9 Å². The van der Waals surface area contributed by atoms with E-state index in [4.69, 9.17) is 5.53 Å². The van der Waals surface area contributed by atoms with Crippen molar-refractivity contribution in [2.24, 2.45) is 5.11 Å². The van der Waals surface area contributed by atoms with Gasteiger partial charge < -0.3 is 5.11 Å². The normalized spacial score (nSPS) is 10.2. The first kappa shape index (κ1) is 12.4. The molecule has 1 rings (SSSR count). The average Bonchev–Trinajstić information content (AvgIpc) is 2.30. The van der Waals surface area contributed by atoms with Crippen molar-refractivity contribution in [1.29, 1.82) is 0 Å². The summed E-state index contributed by atoms with van der Waals surface area (Å²) in [7, 11) is 0. The van der Waals surface area contributed by atoms with Crippen molar-refractivity contribution in [3.63, 3.8) is 0 Å². The molecule has 1 aromatic rings. The highest BCUT2D eigenvalue weighted by atomic mass is 16.3. The molecular formula is C11H16N4O. The van der Waals surface area contributed by atoms with Gasteiger partial charge in [0, 0.05) is 22.7 Å². The summed E-state index contributed by atoms with van der Waals surface area (Å²) in [5.74, 6) is 0.240. The molecule has 0 radical (unpaired) electrons. The molecule has 16 heavy (non-hydrogen) atoms. The number of phenolic OH excluding ortho intramolecular Hbond substituents is 1. The third kappa shape index (κ3) is 3.15. The van der Waals surface area contributed by atoms with Gasteiger partial charge in [0.1, 0.15) is 5.75 Å². The molecule has 0 unspecified atom stereocenters. The second-order valence-electron chi connectivity index (χ2n) is 3.46. The van der Waals surface area contributed by atoms with Crippen LogP contribution in [0.5, 0.6) is 5.75 Å². The minimum atomic E-state index is 0.240. The number of hydrogen-bond acceptors (Lipinski definition) is 3. The van der Waals surface area contributed by atoms with E-state index < -0.39 is 0 Å². The van der Waals surface area contributed by atoms with Crippen LogP contribution in [0, 0.1) is 0 Å². The Kier molecular flexibility index (Phi) is 4.64. The van der Waals surface area contributed by atoms with Crippen LogP contribution in [-0.2, 0) is 6.54 Å². The molecule has 0 atom stereocenters. The number of phenols is 1. The SMILES string of the molecule is CCN(CC)Cc1cc(N=[N+]=[N-])ccc1O. The minimum Gasteiger partial charge on any atom is -0.508 e. The molecule has 0 amide bonds. The zero-order valence-electron chi connectivity index (χ0n) is 9.59. The lowest BCUT2D eigenvalue weighted by atomic mass is 10.1. The average molecular weight is 220 g/mol. The standard InChI is InChI=1S/C11H16N4O/c1-3-15(4-2)8-9-7-10(13-14-12)5-6-11(9)16/h5-7,16H,3-4,8H2,1-2H3. The number of rotatable bonds is 5. The van der Waals surface area contributed by atoms with E-state index in [0.29, 0.717) is 12.2 Å². The highest BCUT2D eigenvalue weighted by Crippen LogP contribution is 2.24. The van der Waals surface area contributed by atoms with Gasteiger partial charge in [-0.25, -0.2) is 0 Å². The predicted octanol–water partition coefficient (Wildman–Crippen LogP) is 3.18. The summed E-state index contributed by atoms with van der Waals surface area (Å²) < 4.78 is 0. The monoisotopic (exact) mass is 220 g/mol. The number of aromatic hydroxyl groups is 1. The van der Waals surface area contributed by atoms with E-state index in [-0.39, 0.29) is 5.75 Å². The number of hydrogen-bond donors (Lipinski definition) is 1. The zero-order valence-corrected chi connectivity index (χ0v) is 9.59. The molecule has 0 aliphatic rings. The van der Waals surface area contributed by atoms with E-state index in [1.165, 1.54) is 0 Å². The number of azide groups is 1. The first-order valence-corrected chi connectivity index (χ1v) is 5.30. The quantitative estimate of drug-likeness (QED) is 0.470. The van der Waals surface area contributed by atoms with Crippen molar-refractivity contribution in [2.75, 3.05) is 13.1 Å². The van der Waals surface area contributed by atoms with Crippen LogP contribution in [0.3, 0.4) is 0 Å². The van der Waals surface area contributed by atoms with Crippen LogP contribution in [0.4, 0.5) is 5.69 Å². The van der Waals surface area contributed by atoms with Crippen molar-refractivity contribution < 1.29 is 5.11 Å². The third-order valence-corrected chi connectivity index (χ3v) is 2.51. The van der Waals surface area contributed by atoms with Crippen molar-refractivity contribution in [1.82, 2.24) is 4.90 Å². The van der Waals surface area contributed by atoms with Crippen molar-refractivity contribution in [3.8, 4) is 5.75 Å². The van der Waals surface area contributed by atoms with Gasteiger partial charge in [-0.3, -0.25) is 4.90 Å². The van der Waals surface area contributed by atoms with Crippen molar-refractivity contribution in [2.45, 2.75) is 20.4 Å². The second-order valence-corrected chi connectivity index (χ2v) is 3.46. The van der Waals surface area contributed by atoms with Crippen molar-refractivity contribution in [3.05, 3.63) is 34.2 Å². The van der Waals surface area contributed by atoms with E-state index in [1.54, 1.807) is 18.2 Å². The smallest absolute Gasteiger partial charge is 0.120 e. The highest BCUT2D eigenvalue weighted by Gasteiger charge is 2.06. The van der Waals surface area contributed by atoms with Gasteiger partial charge in [-0.1, -0.05) is 19.0 Å². The summed E-state index contributed by atoms with van der Waals surface area (Å²) in [4.78, 5) is 4.90. The first-order valence-electron chi connectivity index (χ1n) is 5.30. The Morgan fingerprint density at radius 3 is 2.62 bits per heavy atom. The lowest BCUT2D eigenvalue weighted by molar-refractivity contribution is 0.291. The molecular weight excluding hydrogens is 204 g/mol. The number of benzene rings is 1. The molecule has 0 aliphatic carbocycles. The lowest BCUT2D eigenvalue weighted by Gasteiger charge is -2.18. The Bertz CT molecular complexity index is 395. The van der Waals surface area contributed by atoms with Crippen LogP contribution in [0.25, 0.3) is 10.4 Å². The highest BCUT2D eigenvalue weighted by molar-refractivity contribution is 5.46. The fourth-order valence-electron chi connectivity index (χ4n) is 1.50. The second kappa shape index (κ2) is 6.00. The summed E-state index contributed by atoms with van der Waals surface area (Å²) in [5, 5.41) is 13.2. The van der Waals surface area contributed by atoms with Gasteiger partial charge in [-0.05, 0) is 36.8 Å². The number of nitrogens with zero attached hydrogens (tertiary/aromatic N) is 4. The van der Waals surface area contributed by atoms with Gasteiger partial charge >= 0.3 is 0 Å². The summed E-state index contributed by atoms with van der Waals surface area (Å²) in [5.41, 5.74) is 9.66. The van der Waals surface area contributed by atoms with E-state index in [0.717, 1.165) is 18.7 Å². The van der Waals surface area contributed by atoms with Crippen LogP contribution < -0.4 is 0 Å². The van der Waals surface area contributed by atoms with Crippen LogP contribution in [0.15, 0.2) is 23.3 Å².